The molecular formula is C10H21NO3. The number of unbranched alkanes of at least 4 members (excludes halogenated alkanes) is 2. The summed E-state index contributed by atoms with van der Waals surface area (Å²) in [6.45, 7) is 3.50. The predicted octanol–water partition coefficient (Wildman–Crippen LogP) is 0.690. The molecule has 4 heteroatoms. The summed E-state index contributed by atoms with van der Waals surface area (Å²) in [5.41, 5.74) is 0. The Morgan fingerprint density at radius 3 is 2.79 bits per heavy atom. The van der Waals surface area contributed by atoms with Crippen LogP contribution in [0.25, 0.3) is 0 Å². The predicted molar refractivity (Wildman–Crippen MR) is 55.0 cm³/mol. The van der Waals surface area contributed by atoms with Crippen molar-refractivity contribution in [3.05, 3.63) is 0 Å². The number of hydrogen-bond donors (Lipinski definition) is 2. The molecule has 0 saturated heterocycles. The molecular weight excluding hydrogens is 182 g/mol. The lowest BCUT2D eigenvalue weighted by Crippen LogP contribution is -2.29. The average molecular weight is 203 g/mol. The number of nitrogens with one attached hydrogen (secondary N) is 1. The second-order valence-electron chi connectivity index (χ2n) is 3.35. The molecule has 1 atom stereocenters. The van der Waals surface area contributed by atoms with Gasteiger partial charge in [-0.1, -0.05) is 19.8 Å². The van der Waals surface area contributed by atoms with Gasteiger partial charge in [-0.15, -0.1) is 0 Å². The van der Waals surface area contributed by atoms with Crippen LogP contribution in [0.4, 0.5) is 0 Å². The van der Waals surface area contributed by atoms with Gasteiger partial charge in [0.2, 0.25) is 0 Å². The lowest BCUT2D eigenvalue weighted by atomic mass is 10.2. The Hall–Kier alpha value is -0.610. The minimum atomic E-state index is -0.635. The van der Waals surface area contributed by atoms with Gasteiger partial charge in [0, 0.05) is 6.54 Å². The van der Waals surface area contributed by atoms with Crippen molar-refractivity contribution in [3.63, 3.8) is 0 Å². The van der Waals surface area contributed by atoms with Gasteiger partial charge < -0.3 is 15.2 Å². The summed E-state index contributed by atoms with van der Waals surface area (Å²) in [4.78, 5) is 10.7. The minimum absolute atomic E-state index is 0.0667. The molecule has 14 heavy (non-hydrogen) atoms. The molecule has 0 saturated carbocycles. The summed E-state index contributed by atoms with van der Waals surface area (Å²) in [5.74, 6) is -0.368. The second-order valence-corrected chi connectivity index (χ2v) is 3.35. The second kappa shape index (κ2) is 8.97. The van der Waals surface area contributed by atoms with Crippen LogP contribution in [-0.4, -0.2) is 37.4 Å². The number of methoxy groups -OCH3 is 1. The van der Waals surface area contributed by atoms with Crippen molar-refractivity contribution in [3.8, 4) is 0 Å². The molecule has 0 fully saturated rings. The number of ether oxygens (including phenoxy) is 1. The maximum absolute atomic E-state index is 10.7. The highest BCUT2D eigenvalue weighted by Gasteiger charge is 2.09. The summed E-state index contributed by atoms with van der Waals surface area (Å²) < 4.78 is 4.44. The zero-order valence-electron chi connectivity index (χ0n) is 9.08. The third-order valence-corrected chi connectivity index (χ3v) is 1.97. The maximum atomic E-state index is 10.7. The molecule has 0 aliphatic carbocycles. The van der Waals surface area contributed by atoms with Crippen molar-refractivity contribution in [2.45, 2.75) is 38.7 Å². The number of aliphatic hydroxyl groups excluding tert-OH is 1. The Morgan fingerprint density at radius 2 is 2.21 bits per heavy atom. The highest BCUT2D eigenvalue weighted by molar-refractivity contribution is 5.69. The molecule has 0 amide bonds. The summed E-state index contributed by atoms with van der Waals surface area (Å²) in [6, 6.07) is 0. The van der Waals surface area contributed by atoms with E-state index in [1.807, 2.05) is 0 Å². The zero-order valence-corrected chi connectivity index (χ0v) is 9.08. The topological polar surface area (TPSA) is 58.6 Å². The Bertz CT molecular complexity index is 150. The van der Waals surface area contributed by atoms with Crippen LogP contribution in [0.15, 0.2) is 0 Å². The van der Waals surface area contributed by atoms with Crippen molar-refractivity contribution >= 4 is 5.97 Å². The molecule has 0 aromatic carbocycles. The van der Waals surface area contributed by atoms with E-state index in [9.17, 15) is 9.90 Å². The van der Waals surface area contributed by atoms with Crippen LogP contribution in [0.1, 0.15) is 32.6 Å². The highest BCUT2D eigenvalue weighted by Crippen LogP contribution is 1.94. The van der Waals surface area contributed by atoms with Gasteiger partial charge in [-0.05, 0) is 13.0 Å². The van der Waals surface area contributed by atoms with E-state index in [0.717, 1.165) is 13.0 Å². The number of hydrogen-bond acceptors (Lipinski definition) is 4. The van der Waals surface area contributed by atoms with Crippen LogP contribution >= 0.6 is 0 Å². The van der Waals surface area contributed by atoms with E-state index in [-0.39, 0.29) is 12.4 Å². The van der Waals surface area contributed by atoms with Gasteiger partial charge in [-0.3, -0.25) is 4.79 Å². The average Bonchev–Trinajstić information content (AvgIpc) is 2.17. The molecule has 0 aromatic heterocycles. The lowest BCUT2D eigenvalue weighted by Gasteiger charge is -2.10. The normalized spacial score (nSPS) is 12.5. The number of carbonyl (C=O) groups excluding carboxylic acids is 1. The Balaban J connectivity index is 3.26. The fourth-order valence-corrected chi connectivity index (χ4v) is 1.12. The highest BCUT2D eigenvalue weighted by atomic mass is 16.5. The standard InChI is InChI=1S/C10H21NO3/c1-3-4-5-6-11-8-9(12)7-10(13)14-2/h9,11-12H,3-8H2,1-2H3. The first-order valence-corrected chi connectivity index (χ1v) is 5.16. The summed E-state index contributed by atoms with van der Waals surface area (Å²) in [7, 11) is 1.32. The molecule has 0 rings (SSSR count). The SMILES string of the molecule is CCCCCNCC(O)CC(=O)OC. The third-order valence-electron chi connectivity index (χ3n) is 1.97. The smallest absolute Gasteiger partial charge is 0.308 e. The summed E-state index contributed by atoms with van der Waals surface area (Å²) in [5, 5.41) is 12.4. The Morgan fingerprint density at radius 1 is 1.50 bits per heavy atom. The van der Waals surface area contributed by atoms with Crippen molar-refractivity contribution in [1.82, 2.24) is 5.32 Å². The van der Waals surface area contributed by atoms with Gasteiger partial charge in [-0.2, -0.15) is 0 Å². The minimum Gasteiger partial charge on any atom is -0.469 e. The number of esters is 1. The fraction of sp³-hybridized carbons (Fsp3) is 0.900. The first-order chi connectivity index (χ1) is 6.70. The summed E-state index contributed by atoms with van der Waals surface area (Å²) >= 11 is 0. The van der Waals surface area contributed by atoms with Crippen LogP contribution in [0.2, 0.25) is 0 Å². The Kier molecular flexibility index (Phi) is 8.57. The first-order valence-electron chi connectivity index (χ1n) is 5.16. The molecule has 4 nitrogen and oxygen atoms in total. The van der Waals surface area contributed by atoms with E-state index >= 15 is 0 Å². The molecule has 0 spiro atoms. The van der Waals surface area contributed by atoms with E-state index in [4.69, 9.17) is 0 Å². The molecule has 1 unspecified atom stereocenters. The van der Waals surface area contributed by atoms with Crippen LogP contribution < -0.4 is 5.32 Å². The van der Waals surface area contributed by atoms with Gasteiger partial charge in [0.25, 0.3) is 0 Å². The molecule has 2 N–H and O–H groups in total. The van der Waals surface area contributed by atoms with E-state index in [1.165, 1.54) is 20.0 Å². The van der Waals surface area contributed by atoms with E-state index < -0.39 is 6.10 Å². The van der Waals surface area contributed by atoms with E-state index in [1.54, 1.807) is 0 Å². The van der Waals surface area contributed by atoms with Crippen molar-refractivity contribution < 1.29 is 14.6 Å². The molecule has 0 heterocycles. The van der Waals surface area contributed by atoms with Gasteiger partial charge in [0.1, 0.15) is 0 Å². The quantitative estimate of drug-likeness (QED) is 0.450. The molecule has 0 aliphatic rings. The third kappa shape index (κ3) is 8.01. The van der Waals surface area contributed by atoms with Crippen molar-refractivity contribution in [2.75, 3.05) is 20.2 Å². The largest absolute Gasteiger partial charge is 0.469 e. The van der Waals surface area contributed by atoms with Gasteiger partial charge in [0.15, 0.2) is 0 Å². The summed E-state index contributed by atoms with van der Waals surface area (Å²) in [6.07, 6.45) is 2.93. The molecule has 0 bridgehead atoms. The van der Waals surface area contributed by atoms with Crippen molar-refractivity contribution in [2.24, 2.45) is 0 Å². The number of rotatable bonds is 8. The maximum Gasteiger partial charge on any atom is 0.308 e. The molecule has 0 radical (unpaired) electrons. The van der Waals surface area contributed by atoms with E-state index in [2.05, 4.69) is 17.0 Å². The molecule has 0 aliphatic heterocycles. The van der Waals surface area contributed by atoms with Crippen LogP contribution in [0, 0.1) is 0 Å². The van der Waals surface area contributed by atoms with E-state index in [0.29, 0.717) is 6.54 Å². The van der Waals surface area contributed by atoms with Gasteiger partial charge in [0.05, 0.1) is 19.6 Å². The fourth-order valence-electron chi connectivity index (χ4n) is 1.12. The van der Waals surface area contributed by atoms with Crippen LogP contribution in [0.5, 0.6) is 0 Å². The van der Waals surface area contributed by atoms with Gasteiger partial charge in [-0.25, -0.2) is 0 Å². The molecule has 0 aromatic rings. The van der Waals surface area contributed by atoms with Gasteiger partial charge >= 0.3 is 5.97 Å². The van der Waals surface area contributed by atoms with Crippen molar-refractivity contribution in [1.29, 1.82) is 0 Å². The van der Waals surface area contributed by atoms with Crippen LogP contribution in [0.3, 0.4) is 0 Å². The Labute approximate surface area is 85.6 Å². The number of carbonyl (C=O) groups is 1. The zero-order chi connectivity index (χ0) is 10.8. The monoisotopic (exact) mass is 203 g/mol. The first kappa shape index (κ1) is 13.4. The van der Waals surface area contributed by atoms with Crippen LogP contribution in [-0.2, 0) is 9.53 Å². The number of aliphatic hydroxyl groups is 1. The molecule has 84 valence electrons. The lowest BCUT2D eigenvalue weighted by molar-refractivity contribution is -0.142.